The van der Waals surface area contributed by atoms with E-state index in [1.165, 1.54) is 0 Å². The fourth-order valence-electron chi connectivity index (χ4n) is 3.16. The van der Waals surface area contributed by atoms with Crippen LogP contribution in [0.3, 0.4) is 0 Å². The van der Waals surface area contributed by atoms with Crippen molar-refractivity contribution in [2.45, 2.75) is 27.3 Å². The Kier molecular flexibility index (Phi) is 7.00. The minimum absolute atomic E-state index is 0.00894. The predicted molar refractivity (Wildman–Crippen MR) is 108 cm³/mol. The van der Waals surface area contributed by atoms with Crippen molar-refractivity contribution >= 4 is 0 Å². The Morgan fingerprint density at radius 1 is 1.00 bits per heavy atom. The van der Waals surface area contributed by atoms with Crippen LogP contribution in [-0.2, 0) is 13.6 Å². The summed E-state index contributed by atoms with van der Waals surface area (Å²) in [6.07, 6.45) is 1.81. The smallest absolute Gasteiger partial charge is 0.253 e. The molecule has 0 saturated carbocycles. The molecule has 0 radical (unpaired) electrons. The van der Waals surface area contributed by atoms with Gasteiger partial charge in [-0.15, -0.1) is 0 Å². The largest absolute Gasteiger partial charge is 0.508 e. The van der Waals surface area contributed by atoms with Crippen LogP contribution < -0.4 is 5.56 Å². The van der Waals surface area contributed by atoms with E-state index in [4.69, 9.17) is 0 Å². The fraction of sp³-hybridized carbons (Fsp3) is 0.476. The molecule has 5 heteroatoms. The number of piperazine rings is 1. The molecule has 1 aliphatic heterocycles. The number of phenolic OH excluding ortho intramolecular Hbond substituents is 1. The van der Waals surface area contributed by atoms with Gasteiger partial charge in [0, 0.05) is 57.1 Å². The lowest BCUT2D eigenvalue weighted by Crippen LogP contribution is -2.43. The minimum atomic E-state index is 0.00894. The number of pyridine rings is 1. The van der Waals surface area contributed by atoms with Crippen LogP contribution in [0.15, 0.2) is 35.3 Å². The van der Waals surface area contributed by atoms with Gasteiger partial charge in [-0.2, -0.15) is 0 Å². The van der Waals surface area contributed by atoms with E-state index in [2.05, 4.69) is 16.8 Å². The molecule has 0 atom stereocenters. The molecular formula is C21H31N3O2. The van der Waals surface area contributed by atoms with Gasteiger partial charge < -0.3 is 14.6 Å². The van der Waals surface area contributed by atoms with Gasteiger partial charge in [-0.05, 0) is 37.2 Å². The molecule has 0 unspecified atom stereocenters. The molecule has 2 aromatic rings. The van der Waals surface area contributed by atoms with Crippen LogP contribution >= 0.6 is 0 Å². The van der Waals surface area contributed by atoms with E-state index in [0.717, 1.165) is 49.4 Å². The first-order chi connectivity index (χ1) is 12.4. The van der Waals surface area contributed by atoms with Crippen molar-refractivity contribution in [2.24, 2.45) is 7.05 Å². The van der Waals surface area contributed by atoms with Gasteiger partial charge in [-0.3, -0.25) is 9.69 Å². The van der Waals surface area contributed by atoms with Crippen molar-refractivity contribution in [1.29, 1.82) is 0 Å². The summed E-state index contributed by atoms with van der Waals surface area (Å²) in [7, 11) is 3.89. The van der Waals surface area contributed by atoms with Gasteiger partial charge >= 0.3 is 0 Å². The molecule has 0 aliphatic carbocycles. The first kappa shape index (κ1) is 20.2. The van der Waals surface area contributed by atoms with Crippen LogP contribution in [0.1, 0.15) is 25.0 Å². The Hall–Kier alpha value is -2.11. The van der Waals surface area contributed by atoms with Crippen LogP contribution in [0.2, 0.25) is 0 Å². The molecule has 1 aromatic heterocycles. The zero-order valence-electron chi connectivity index (χ0n) is 16.6. The Bertz CT molecular complexity index is 764. The van der Waals surface area contributed by atoms with Crippen LogP contribution in [-0.4, -0.2) is 52.7 Å². The first-order valence-corrected chi connectivity index (χ1v) is 9.34. The second-order valence-corrected chi connectivity index (χ2v) is 6.75. The number of phenols is 1. The van der Waals surface area contributed by atoms with Gasteiger partial charge in [0.05, 0.1) is 0 Å². The topological polar surface area (TPSA) is 48.7 Å². The van der Waals surface area contributed by atoms with E-state index < -0.39 is 0 Å². The molecule has 1 saturated heterocycles. The maximum atomic E-state index is 11.8. The molecule has 0 bridgehead atoms. The van der Waals surface area contributed by atoms with Gasteiger partial charge in [0.1, 0.15) is 5.75 Å². The second-order valence-electron chi connectivity index (χ2n) is 6.75. The summed E-state index contributed by atoms with van der Waals surface area (Å²) in [4.78, 5) is 16.5. The third-order valence-electron chi connectivity index (χ3n) is 4.77. The third-order valence-corrected chi connectivity index (χ3v) is 4.77. The summed E-state index contributed by atoms with van der Waals surface area (Å²) in [5.41, 5.74) is 3.53. The Morgan fingerprint density at radius 2 is 1.65 bits per heavy atom. The highest BCUT2D eigenvalue weighted by molar-refractivity contribution is 5.65. The SMILES string of the molecule is CC.Cc1cc(-c2ccc(CN3CCN(C)CC3)c(O)c2)cn(C)c1=O. The maximum Gasteiger partial charge on any atom is 0.253 e. The summed E-state index contributed by atoms with van der Waals surface area (Å²) >= 11 is 0. The lowest BCUT2D eigenvalue weighted by atomic mass is 10.0. The lowest BCUT2D eigenvalue weighted by Gasteiger charge is -2.32. The number of aromatic nitrogens is 1. The van der Waals surface area contributed by atoms with Crippen molar-refractivity contribution in [2.75, 3.05) is 33.2 Å². The van der Waals surface area contributed by atoms with Gasteiger partial charge in [0.2, 0.25) is 0 Å². The van der Waals surface area contributed by atoms with Crippen LogP contribution in [0.25, 0.3) is 11.1 Å². The van der Waals surface area contributed by atoms with Crippen molar-refractivity contribution < 1.29 is 5.11 Å². The van der Waals surface area contributed by atoms with Gasteiger partial charge in [0.25, 0.3) is 5.56 Å². The number of hydrogen-bond acceptors (Lipinski definition) is 4. The molecule has 3 rings (SSSR count). The Labute approximate surface area is 156 Å². The molecule has 0 amide bonds. The van der Waals surface area contributed by atoms with Crippen LogP contribution in [0.5, 0.6) is 5.75 Å². The second kappa shape index (κ2) is 9.01. The highest BCUT2D eigenvalue weighted by Crippen LogP contribution is 2.27. The number of aryl methyl sites for hydroxylation is 2. The summed E-state index contributed by atoms with van der Waals surface area (Å²) in [5.74, 6) is 0.318. The standard InChI is InChI=1S/C19H25N3O2.C2H6/c1-14-10-17(12-21(3)19(14)24)15-4-5-16(18(23)11-15)13-22-8-6-20(2)7-9-22;1-2/h4-5,10-12,23H,6-9,13H2,1-3H3;1-2H3. The molecular weight excluding hydrogens is 326 g/mol. The summed E-state index contributed by atoms with van der Waals surface area (Å²) in [6.45, 7) is 10.8. The average molecular weight is 357 g/mol. The van der Waals surface area contributed by atoms with Crippen molar-refractivity contribution in [3.8, 4) is 16.9 Å². The zero-order chi connectivity index (χ0) is 19.3. The third kappa shape index (κ3) is 4.74. The van der Waals surface area contributed by atoms with E-state index in [-0.39, 0.29) is 5.56 Å². The number of likely N-dealkylation sites (N-methyl/N-ethyl adjacent to an activating group) is 1. The van der Waals surface area contributed by atoms with Gasteiger partial charge in [0.15, 0.2) is 0 Å². The maximum absolute atomic E-state index is 11.8. The van der Waals surface area contributed by atoms with Crippen molar-refractivity contribution in [3.05, 3.63) is 51.9 Å². The summed E-state index contributed by atoms with van der Waals surface area (Å²) in [6, 6.07) is 7.68. The van der Waals surface area contributed by atoms with Gasteiger partial charge in [-0.1, -0.05) is 26.0 Å². The van der Waals surface area contributed by atoms with Crippen LogP contribution in [0.4, 0.5) is 0 Å². The highest BCUT2D eigenvalue weighted by Gasteiger charge is 2.15. The summed E-state index contributed by atoms with van der Waals surface area (Å²) < 4.78 is 1.58. The molecule has 5 nitrogen and oxygen atoms in total. The molecule has 1 fully saturated rings. The highest BCUT2D eigenvalue weighted by atomic mass is 16.3. The number of nitrogens with zero attached hydrogens (tertiary/aromatic N) is 3. The average Bonchev–Trinajstić information content (AvgIpc) is 2.64. The fourth-order valence-corrected chi connectivity index (χ4v) is 3.16. The van der Waals surface area contributed by atoms with Crippen LogP contribution in [0, 0.1) is 6.92 Å². The normalized spacial score (nSPS) is 15.4. The number of benzene rings is 1. The lowest BCUT2D eigenvalue weighted by molar-refractivity contribution is 0.147. The molecule has 142 valence electrons. The molecule has 0 spiro atoms. The molecule has 2 heterocycles. The zero-order valence-corrected chi connectivity index (χ0v) is 16.6. The van der Waals surface area contributed by atoms with Gasteiger partial charge in [-0.25, -0.2) is 0 Å². The summed E-state index contributed by atoms with van der Waals surface area (Å²) in [5, 5.41) is 10.4. The van der Waals surface area contributed by atoms with E-state index in [0.29, 0.717) is 11.3 Å². The molecule has 26 heavy (non-hydrogen) atoms. The first-order valence-electron chi connectivity index (χ1n) is 9.34. The number of rotatable bonds is 3. The van der Waals surface area contributed by atoms with E-state index in [1.54, 1.807) is 17.7 Å². The Balaban J connectivity index is 0.00000117. The van der Waals surface area contributed by atoms with Crippen molar-refractivity contribution in [3.63, 3.8) is 0 Å². The quantitative estimate of drug-likeness (QED) is 0.918. The van der Waals surface area contributed by atoms with Crippen molar-refractivity contribution in [1.82, 2.24) is 14.4 Å². The minimum Gasteiger partial charge on any atom is -0.508 e. The molecule has 1 N–H and O–H groups in total. The van der Waals surface area contributed by atoms with E-state index in [1.807, 2.05) is 45.2 Å². The monoisotopic (exact) mass is 357 g/mol. The Morgan fingerprint density at radius 3 is 2.23 bits per heavy atom. The van der Waals surface area contributed by atoms with E-state index >= 15 is 0 Å². The number of aromatic hydroxyl groups is 1. The predicted octanol–water partition coefficient (Wildman–Crippen LogP) is 2.84. The molecule has 1 aliphatic rings. The molecule has 1 aromatic carbocycles. The number of hydrogen-bond donors (Lipinski definition) is 1. The van der Waals surface area contributed by atoms with E-state index in [9.17, 15) is 9.90 Å².